The SMILES string of the molecule is C=CC1(c2ccc3ccccc3c2)OCC(C)(C)CO1. The fourth-order valence-corrected chi connectivity index (χ4v) is 2.50. The zero-order valence-electron chi connectivity index (χ0n) is 12.1. The highest BCUT2D eigenvalue weighted by Crippen LogP contribution is 2.38. The number of ether oxygens (including phenoxy) is 2. The Hall–Kier alpha value is -1.64. The molecule has 0 aromatic heterocycles. The summed E-state index contributed by atoms with van der Waals surface area (Å²) >= 11 is 0. The lowest BCUT2D eigenvalue weighted by molar-refractivity contribution is -0.280. The molecular weight excluding hydrogens is 248 g/mol. The van der Waals surface area contributed by atoms with Crippen molar-refractivity contribution in [2.75, 3.05) is 13.2 Å². The number of hydrogen-bond acceptors (Lipinski definition) is 2. The first-order valence-electron chi connectivity index (χ1n) is 6.96. The van der Waals surface area contributed by atoms with Gasteiger partial charge >= 0.3 is 0 Å². The van der Waals surface area contributed by atoms with Crippen molar-refractivity contribution in [2.45, 2.75) is 19.6 Å². The standard InChI is InChI=1S/C18H20O2/c1-4-18(19-12-17(2,3)13-20-18)16-10-9-14-7-5-6-8-15(14)11-16/h4-11H,1,12-13H2,2-3H3. The van der Waals surface area contributed by atoms with E-state index in [4.69, 9.17) is 9.47 Å². The largest absolute Gasteiger partial charge is 0.342 e. The van der Waals surface area contributed by atoms with Gasteiger partial charge in [-0.25, -0.2) is 0 Å². The van der Waals surface area contributed by atoms with Crippen molar-refractivity contribution >= 4 is 10.8 Å². The first-order valence-corrected chi connectivity index (χ1v) is 6.96. The van der Waals surface area contributed by atoms with Crippen LogP contribution in [0.25, 0.3) is 10.8 Å². The van der Waals surface area contributed by atoms with Crippen molar-refractivity contribution in [1.82, 2.24) is 0 Å². The fraction of sp³-hybridized carbons (Fsp3) is 0.333. The topological polar surface area (TPSA) is 18.5 Å². The highest BCUT2D eigenvalue weighted by atomic mass is 16.7. The summed E-state index contributed by atoms with van der Waals surface area (Å²) in [5.41, 5.74) is 1.05. The van der Waals surface area contributed by atoms with E-state index in [1.165, 1.54) is 10.8 Å². The molecule has 2 heteroatoms. The van der Waals surface area contributed by atoms with E-state index >= 15 is 0 Å². The summed E-state index contributed by atoms with van der Waals surface area (Å²) in [4.78, 5) is 0. The molecule has 1 fully saturated rings. The van der Waals surface area contributed by atoms with Gasteiger partial charge < -0.3 is 9.47 Å². The molecule has 0 spiro atoms. The normalized spacial score (nSPS) is 20.7. The fourth-order valence-electron chi connectivity index (χ4n) is 2.50. The molecule has 0 N–H and O–H groups in total. The third-order valence-electron chi connectivity index (χ3n) is 3.78. The molecule has 1 saturated heterocycles. The summed E-state index contributed by atoms with van der Waals surface area (Å²) in [5, 5.41) is 2.40. The summed E-state index contributed by atoms with van der Waals surface area (Å²) < 4.78 is 12.0. The van der Waals surface area contributed by atoms with Crippen LogP contribution in [0, 0.1) is 5.41 Å². The van der Waals surface area contributed by atoms with Crippen LogP contribution in [0.4, 0.5) is 0 Å². The Balaban J connectivity index is 2.01. The maximum atomic E-state index is 6.02. The molecular formula is C18H20O2. The Morgan fingerprint density at radius 2 is 1.65 bits per heavy atom. The molecule has 0 saturated carbocycles. The minimum absolute atomic E-state index is 0.0450. The molecule has 20 heavy (non-hydrogen) atoms. The van der Waals surface area contributed by atoms with E-state index in [0.29, 0.717) is 13.2 Å². The lowest BCUT2D eigenvalue weighted by Crippen LogP contribution is -2.44. The van der Waals surface area contributed by atoms with Crippen molar-refractivity contribution in [3.05, 3.63) is 60.7 Å². The highest BCUT2D eigenvalue weighted by Gasteiger charge is 2.39. The van der Waals surface area contributed by atoms with Crippen LogP contribution in [0.3, 0.4) is 0 Å². The van der Waals surface area contributed by atoms with Gasteiger partial charge in [-0.2, -0.15) is 0 Å². The van der Waals surface area contributed by atoms with Crippen molar-refractivity contribution in [2.24, 2.45) is 5.41 Å². The lowest BCUT2D eigenvalue weighted by atomic mass is 9.93. The minimum atomic E-state index is -0.820. The van der Waals surface area contributed by atoms with E-state index < -0.39 is 5.79 Å². The number of benzene rings is 2. The molecule has 0 aliphatic carbocycles. The molecule has 104 valence electrons. The highest BCUT2D eigenvalue weighted by molar-refractivity contribution is 5.83. The van der Waals surface area contributed by atoms with Crippen LogP contribution in [0.5, 0.6) is 0 Å². The molecule has 0 bridgehead atoms. The molecule has 0 amide bonds. The molecule has 1 aliphatic heterocycles. The molecule has 2 aromatic carbocycles. The van der Waals surface area contributed by atoms with Gasteiger partial charge in [-0.3, -0.25) is 0 Å². The van der Waals surface area contributed by atoms with Crippen molar-refractivity contribution in [3.8, 4) is 0 Å². The molecule has 1 heterocycles. The first kappa shape index (κ1) is 13.3. The lowest BCUT2D eigenvalue weighted by Gasteiger charge is -2.42. The Kier molecular flexibility index (Phi) is 3.15. The molecule has 1 aliphatic rings. The maximum Gasteiger partial charge on any atom is 0.214 e. The summed E-state index contributed by atoms with van der Waals surface area (Å²) in [5.74, 6) is -0.820. The van der Waals surface area contributed by atoms with Crippen LogP contribution < -0.4 is 0 Å². The summed E-state index contributed by atoms with van der Waals surface area (Å²) in [6.07, 6.45) is 1.76. The van der Waals surface area contributed by atoms with Gasteiger partial charge in [0, 0.05) is 11.0 Å². The molecule has 2 nitrogen and oxygen atoms in total. The van der Waals surface area contributed by atoms with Gasteiger partial charge in [0.1, 0.15) is 0 Å². The Labute approximate surface area is 120 Å². The van der Waals surface area contributed by atoms with Gasteiger partial charge in [0.2, 0.25) is 5.79 Å². The van der Waals surface area contributed by atoms with Crippen LogP contribution in [0.2, 0.25) is 0 Å². The van der Waals surface area contributed by atoms with Crippen molar-refractivity contribution in [1.29, 1.82) is 0 Å². The molecule has 2 aromatic rings. The molecule has 0 unspecified atom stereocenters. The maximum absolute atomic E-state index is 6.02. The monoisotopic (exact) mass is 268 g/mol. The van der Waals surface area contributed by atoms with Crippen LogP contribution in [-0.4, -0.2) is 13.2 Å². The van der Waals surface area contributed by atoms with Gasteiger partial charge in [0.25, 0.3) is 0 Å². The van der Waals surface area contributed by atoms with Gasteiger partial charge in [-0.05, 0) is 22.9 Å². The molecule has 0 atom stereocenters. The second kappa shape index (κ2) is 4.72. The zero-order chi connectivity index (χ0) is 14.2. The van der Waals surface area contributed by atoms with E-state index in [-0.39, 0.29) is 5.41 Å². The number of rotatable bonds is 2. The molecule has 3 rings (SSSR count). The van der Waals surface area contributed by atoms with Gasteiger partial charge in [0.05, 0.1) is 13.2 Å². The minimum Gasteiger partial charge on any atom is -0.342 e. The predicted octanol–water partition coefficient (Wildman–Crippen LogP) is 4.25. The zero-order valence-corrected chi connectivity index (χ0v) is 12.1. The third-order valence-corrected chi connectivity index (χ3v) is 3.78. The van der Waals surface area contributed by atoms with Crippen LogP contribution in [0.15, 0.2) is 55.1 Å². The predicted molar refractivity (Wildman–Crippen MR) is 81.5 cm³/mol. The summed E-state index contributed by atoms with van der Waals surface area (Å²) in [7, 11) is 0. The van der Waals surface area contributed by atoms with E-state index in [9.17, 15) is 0 Å². The van der Waals surface area contributed by atoms with Crippen LogP contribution >= 0.6 is 0 Å². The quantitative estimate of drug-likeness (QED) is 0.758. The smallest absolute Gasteiger partial charge is 0.214 e. The molecule has 0 radical (unpaired) electrons. The Bertz CT molecular complexity index is 633. The van der Waals surface area contributed by atoms with Gasteiger partial charge in [0.15, 0.2) is 0 Å². The average Bonchev–Trinajstić information content (AvgIpc) is 2.47. The van der Waals surface area contributed by atoms with E-state index in [0.717, 1.165) is 5.56 Å². The second-order valence-electron chi connectivity index (χ2n) is 6.18. The van der Waals surface area contributed by atoms with Crippen LogP contribution in [0.1, 0.15) is 19.4 Å². The Morgan fingerprint density at radius 3 is 2.30 bits per heavy atom. The van der Waals surface area contributed by atoms with Crippen LogP contribution in [-0.2, 0) is 15.3 Å². The second-order valence-corrected chi connectivity index (χ2v) is 6.18. The average molecular weight is 268 g/mol. The Morgan fingerprint density at radius 1 is 1.00 bits per heavy atom. The van der Waals surface area contributed by atoms with Crippen molar-refractivity contribution < 1.29 is 9.47 Å². The summed E-state index contributed by atoms with van der Waals surface area (Å²) in [6.45, 7) is 9.51. The van der Waals surface area contributed by atoms with Gasteiger partial charge in [-0.15, -0.1) is 0 Å². The number of fused-ring (bicyclic) bond motifs is 1. The summed E-state index contributed by atoms with van der Waals surface area (Å²) in [6, 6.07) is 14.6. The third kappa shape index (κ3) is 2.26. The van der Waals surface area contributed by atoms with Gasteiger partial charge in [-0.1, -0.05) is 56.8 Å². The van der Waals surface area contributed by atoms with Crippen molar-refractivity contribution in [3.63, 3.8) is 0 Å². The van der Waals surface area contributed by atoms with E-state index in [1.54, 1.807) is 6.08 Å². The first-order chi connectivity index (χ1) is 9.55. The van der Waals surface area contributed by atoms with E-state index in [1.807, 2.05) is 12.1 Å². The van der Waals surface area contributed by atoms with E-state index in [2.05, 4.69) is 50.8 Å². The number of hydrogen-bond donors (Lipinski definition) is 0.